The number of nitrogens with one attached hydrogen (secondary N) is 1. The quantitative estimate of drug-likeness (QED) is 0.769. The topological polar surface area (TPSA) is 29.1 Å². The van der Waals surface area contributed by atoms with Crippen molar-refractivity contribution in [2.75, 3.05) is 0 Å². The third-order valence-electron chi connectivity index (χ3n) is 3.70. The molecule has 0 aromatic heterocycles. The van der Waals surface area contributed by atoms with Crippen LogP contribution in [0.25, 0.3) is 0 Å². The van der Waals surface area contributed by atoms with E-state index >= 15 is 0 Å². The van der Waals surface area contributed by atoms with E-state index in [2.05, 4.69) is 37.2 Å². The second kappa shape index (κ2) is 4.02. The van der Waals surface area contributed by atoms with E-state index in [-0.39, 0.29) is 14.6 Å². The van der Waals surface area contributed by atoms with Crippen molar-refractivity contribution in [2.24, 2.45) is 5.41 Å². The molecule has 1 N–H and O–H groups in total. The van der Waals surface area contributed by atoms with E-state index in [1.54, 1.807) is 0 Å². The second-order valence-electron chi connectivity index (χ2n) is 5.02. The van der Waals surface area contributed by atoms with Crippen LogP contribution in [0, 0.1) is 5.41 Å². The molecule has 0 aromatic rings. The highest BCUT2D eigenvalue weighted by atomic mass is 79.9. The zero-order valence-electron chi connectivity index (χ0n) is 8.98. The molecule has 2 saturated carbocycles. The summed E-state index contributed by atoms with van der Waals surface area (Å²) in [6.45, 7) is 2.01. The van der Waals surface area contributed by atoms with Crippen LogP contribution in [0.1, 0.15) is 45.4 Å². The second-order valence-corrected chi connectivity index (χ2v) is 8.79. The van der Waals surface area contributed by atoms with Crippen molar-refractivity contribution in [2.45, 2.75) is 54.7 Å². The Kier molecular flexibility index (Phi) is 3.19. The van der Waals surface area contributed by atoms with Crippen molar-refractivity contribution in [3.63, 3.8) is 0 Å². The fraction of sp³-hybridized carbons (Fsp3) is 0.909. The molecule has 0 bridgehead atoms. The Hall–Kier alpha value is 0.430. The Morgan fingerprint density at radius 1 is 1.27 bits per heavy atom. The van der Waals surface area contributed by atoms with Crippen LogP contribution in [0.5, 0.6) is 0 Å². The standard InChI is InChI=1S/C11H17Br2NO/c1-10(7-11(10,12)13)9(15)14-8-5-3-2-4-6-8/h8H,2-7H2,1H3,(H,14,15)/t10-/m1/s1. The van der Waals surface area contributed by atoms with Gasteiger partial charge in [-0.25, -0.2) is 0 Å². The molecule has 86 valence electrons. The molecule has 2 fully saturated rings. The molecule has 0 unspecified atom stereocenters. The molecular weight excluding hydrogens is 322 g/mol. The first kappa shape index (κ1) is 11.9. The first-order chi connectivity index (χ1) is 6.96. The number of hydrogen-bond acceptors (Lipinski definition) is 1. The molecule has 15 heavy (non-hydrogen) atoms. The number of carbonyl (C=O) groups excluding carboxylic acids is 1. The van der Waals surface area contributed by atoms with Gasteiger partial charge in [0.25, 0.3) is 0 Å². The van der Waals surface area contributed by atoms with Crippen molar-refractivity contribution < 1.29 is 4.79 Å². The Labute approximate surface area is 108 Å². The molecule has 0 radical (unpaired) electrons. The summed E-state index contributed by atoms with van der Waals surface area (Å²) in [4.78, 5) is 12.0. The van der Waals surface area contributed by atoms with Crippen LogP contribution in [0.15, 0.2) is 0 Å². The van der Waals surface area contributed by atoms with Gasteiger partial charge < -0.3 is 5.32 Å². The van der Waals surface area contributed by atoms with Gasteiger partial charge >= 0.3 is 0 Å². The minimum atomic E-state index is -0.259. The summed E-state index contributed by atoms with van der Waals surface area (Å²) in [5.74, 6) is 0.197. The smallest absolute Gasteiger partial charge is 0.228 e. The normalized spacial score (nSPS) is 34.9. The van der Waals surface area contributed by atoms with E-state index in [9.17, 15) is 4.79 Å². The van der Waals surface area contributed by atoms with Crippen LogP contribution in [0.3, 0.4) is 0 Å². The molecule has 2 nitrogen and oxygen atoms in total. The van der Waals surface area contributed by atoms with Gasteiger partial charge in [-0.2, -0.15) is 0 Å². The minimum Gasteiger partial charge on any atom is -0.353 e. The average Bonchev–Trinajstić information content (AvgIpc) is 2.69. The first-order valence-corrected chi connectivity index (χ1v) is 7.23. The summed E-state index contributed by atoms with van der Waals surface area (Å²) in [5.41, 5.74) is -0.259. The number of hydrogen-bond donors (Lipinski definition) is 1. The lowest BCUT2D eigenvalue weighted by Gasteiger charge is -2.25. The SMILES string of the molecule is C[C@]1(C(=O)NC2CCCCC2)CC1(Br)Br. The molecule has 0 aliphatic heterocycles. The van der Waals surface area contributed by atoms with Crippen LogP contribution in [0.4, 0.5) is 0 Å². The number of carbonyl (C=O) groups is 1. The number of alkyl halides is 2. The monoisotopic (exact) mass is 337 g/mol. The third-order valence-corrected chi connectivity index (χ3v) is 6.01. The molecule has 4 heteroatoms. The highest BCUT2D eigenvalue weighted by Gasteiger charge is 2.66. The summed E-state index contributed by atoms with van der Waals surface area (Å²) >= 11 is 7.06. The summed E-state index contributed by atoms with van der Waals surface area (Å²) in [6.07, 6.45) is 7.02. The zero-order valence-corrected chi connectivity index (χ0v) is 12.2. The van der Waals surface area contributed by atoms with Crippen LogP contribution >= 0.6 is 31.9 Å². The highest BCUT2D eigenvalue weighted by molar-refractivity contribution is 9.25. The van der Waals surface area contributed by atoms with E-state index in [0.717, 1.165) is 19.3 Å². The molecule has 1 atom stereocenters. The molecule has 0 heterocycles. The predicted octanol–water partition coefficient (Wildman–Crippen LogP) is 3.33. The maximum absolute atomic E-state index is 12.0. The molecular formula is C11H17Br2NO. The van der Waals surface area contributed by atoms with E-state index in [0.29, 0.717) is 6.04 Å². The first-order valence-electron chi connectivity index (χ1n) is 5.64. The maximum atomic E-state index is 12.0. The Morgan fingerprint density at radius 2 is 1.80 bits per heavy atom. The number of amides is 1. The van der Waals surface area contributed by atoms with Crippen LogP contribution < -0.4 is 5.32 Å². The summed E-state index contributed by atoms with van der Waals surface area (Å²) in [7, 11) is 0. The van der Waals surface area contributed by atoms with Gasteiger partial charge in [-0.3, -0.25) is 4.79 Å². The average molecular weight is 339 g/mol. The van der Waals surface area contributed by atoms with Gasteiger partial charge in [0.1, 0.15) is 0 Å². The zero-order chi connectivity index (χ0) is 11.1. The van der Waals surface area contributed by atoms with E-state index in [4.69, 9.17) is 0 Å². The number of rotatable bonds is 2. The fourth-order valence-corrected chi connectivity index (χ4v) is 3.72. The van der Waals surface area contributed by atoms with Gasteiger partial charge in [0.05, 0.1) is 8.65 Å². The van der Waals surface area contributed by atoms with Gasteiger partial charge in [-0.05, 0) is 26.2 Å². The molecule has 2 rings (SSSR count). The van der Waals surface area contributed by atoms with Crippen molar-refractivity contribution in [3.8, 4) is 0 Å². The molecule has 2 aliphatic rings. The van der Waals surface area contributed by atoms with Crippen molar-refractivity contribution >= 4 is 37.8 Å². The van der Waals surface area contributed by atoms with Crippen LogP contribution in [-0.4, -0.2) is 15.2 Å². The van der Waals surface area contributed by atoms with Crippen molar-refractivity contribution in [1.29, 1.82) is 0 Å². The van der Waals surface area contributed by atoms with Gasteiger partial charge in [-0.1, -0.05) is 51.1 Å². The Bertz CT molecular complexity index is 274. The van der Waals surface area contributed by atoms with Crippen LogP contribution in [0.2, 0.25) is 0 Å². The molecule has 2 aliphatic carbocycles. The molecule has 1 amide bonds. The fourth-order valence-electron chi connectivity index (χ4n) is 2.24. The third kappa shape index (κ3) is 2.26. The van der Waals surface area contributed by atoms with Crippen molar-refractivity contribution in [1.82, 2.24) is 5.32 Å². The predicted molar refractivity (Wildman–Crippen MR) is 68.3 cm³/mol. The molecule has 0 aromatic carbocycles. The number of halogens is 2. The summed E-state index contributed by atoms with van der Waals surface area (Å²) in [5, 5.41) is 3.18. The van der Waals surface area contributed by atoms with Crippen molar-refractivity contribution in [3.05, 3.63) is 0 Å². The lowest BCUT2D eigenvalue weighted by atomic mass is 9.95. The summed E-state index contributed by atoms with van der Waals surface area (Å²) < 4.78 is -0.161. The Morgan fingerprint density at radius 3 is 2.27 bits per heavy atom. The maximum Gasteiger partial charge on any atom is 0.228 e. The molecule has 0 spiro atoms. The van der Waals surface area contributed by atoms with E-state index in [1.807, 2.05) is 6.92 Å². The van der Waals surface area contributed by atoms with Crippen LogP contribution in [-0.2, 0) is 4.79 Å². The lowest BCUT2D eigenvalue weighted by Crippen LogP contribution is -2.41. The Balaban J connectivity index is 1.87. The van der Waals surface area contributed by atoms with Gasteiger partial charge in [0, 0.05) is 6.04 Å². The van der Waals surface area contributed by atoms with Gasteiger partial charge in [0.2, 0.25) is 5.91 Å². The van der Waals surface area contributed by atoms with Gasteiger partial charge in [0.15, 0.2) is 0 Å². The highest BCUT2D eigenvalue weighted by Crippen LogP contribution is 2.66. The summed E-state index contributed by atoms with van der Waals surface area (Å²) in [6, 6.07) is 0.416. The van der Waals surface area contributed by atoms with Gasteiger partial charge in [-0.15, -0.1) is 0 Å². The molecule has 0 saturated heterocycles. The lowest BCUT2D eigenvalue weighted by molar-refractivity contribution is -0.126. The minimum absolute atomic E-state index is 0.161. The largest absolute Gasteiger partial charge is 0.353 e. The van der Waals surface area contributed by atoms with E-state index < -0.39 is 0 Å². The van der Waals surface area contributed by atoms with E-state index in [1.165, 1.54) is 19.3 Å².